The van der Waals surface area contributed by atoms with Crippen molar-refractivity contribution in [2.24, 2.45) is 0 Å². The molecule has 162 valence electrons. The third-order valence-corrected chi connectivity index (χ3v) is 5.83. The van der Waals surface area contributed by atoms with E-state index in [0.29, 0.717) is 24.9 Å². The summed E-state index contributed by atoms with van der Waals surface area (Å²) in [6, 6.07) is 9.46. The van der Waals surface area contributed by atoms with Crippen LogP contribution in [0.4, 0.5) is 5.69 Å². The Morgan fingerprint density at radius 2 is 1.90 bits per heavy atom. The molecule has 1 aromatic heterocycles. The second-order valence-electron chi connectivity index (χ2n) is 8.11. The summed E-state index contributed by atoms with van der Waals surface area (Å²) in [6.07, 6.45) is 4.00. The number of pyridine rings is 1. The lowest BCUT2D eigenvalue weighted by molar-refractivity contribution is -0.138. The van der Waals surface area contributed by atoms with E-state index in [1.165, 1.54) is 0 Å². The molecule has 3 heterocycles. The Kier molecular flexibility index (Phi) is 5.99. The van der Waals surface area contributed by atoms with E-state index < -0.39 is 12.1 Å². The first kappa shape index (κ1) is 21.0. The van der Waals surface area contributed by atoms with Crippen LogP contribution >= 0.6 is 0 Å². The molecule has 2 amide bonds. The molecule has 2 aliphatic heterocycles. The van der Waals surface area contributed by atoms with Crippen molar-refractivity contribution in [1.82, 2.24) is 15.2 Å². The van der Waals surface area contributed by atoms with Gasteiger partial charge in [-0.2, -0.15) is 0 Å². The summed E-state index contributed by atoms with van der Waals surface area (Å²) < 4.78 is 5.51. The smallest absolute Gasteiger partial charge is 0.251 e. The fraction of sp³-hybridized carbons (Fsp3) is 0.391. The summed E-state index contributed by atoms with van der Waals surface area (Å²) >= 11 is 0. The Bertz CT molecular complexity index is 961. The van der Waals surface area contributed by atoms with Gasteiger partial charge in [-0.3, -0.25) is 19.4 Å². The molecular weight excluding hydrogens is 396 g/mol. The first-order valence-electron chi connectivity index (χ1n) is 10.4. The number of hydrogen-bond acceptors (Lipinski definition) is 6. The molecule has 8 heteroatoms. The van der Waals surface area contributed by atoms with Crippen molar-refractivity contribution in [2.45, 2.75) is 31.0 Å². The van der Waals surface area contributed by atoms with E-state index >= 15 is 0 Å². The maximum absolute atomic E-state index is 13.4. The van der Waals surface area contributed by atoms with Crippen LogP contribution in [0.15, 0.2) is 48.8 Å². The average molecular weight is 422 g/mol. The molecule has 0 aliphatic carbocycles. The third-order valence-electron chi connectivity index (χ3n) is 5.83. The molecule has 31 heavy (non-hydrogen) atoms. The van der Waals surface area contributed by atoms with E-state index in [9.17, 15) is 14.4 Å². The monoisotopic (exact) mass is 422 g/mol. The lowest BCUT2D eigenvalue weighted by Crippen LogP contribution is -2.53. The molecule has 2 aliphatic rings. The number of likely N-dealkylation sites (tertiary alicyclic amines) is 1. The number of carbonyl (C=O) groups is 3. The number of nitrogens with zero attached hydrogens (tertiary/aromatic N) is 3. The minimum Gasteiger partial charge on any atom is -0.378 e. The minimum absolute atomic E-state index is 0.0404. The molecule has 0 saturated carbocycles. The van der Waals surface area contributed by atoms with Crippen molar-refractivity contribution < 1.29 is 19.1 Å². The van der Waals surface area contributed by atoms with E-state index in [1.807, 2.05) is 43.3 Å². The topological polar surface area (TPSA) is 91.8 Å². The Morgan fingerprint density at radius 1 is 1.19 bits per heavy atom. The fourth-order valence-electron chi connectivity index (χ4n) is 4.15. The van der Waals surface area contributed by atoms with Gasteiger partial charge in [-0.05, 0) is 48.4 Å². The minimum atomic E-state index is -0.796. The number of aromatic nitrogens is 1. The van der Waals surface area contributed by atoms with Crippen LogP contribution in [0.5, 0.6) is 0 Å². The Morgan fingerprint density at radius 3 is 2.58 bits per heavy atom. The summed E-state index contributed by atoms with van der Waals surface area (Å²) in [7, 11) is 3.85. The fourth-order valence-corrected chi connectivity index (χ4v) is 4.15. The van der Waals surface area contributed by atoms with Gasteiger partial charge in [0.15, 0.2) is 5.78 Å². The first-order valence-corrected chi connectivity index (χ1v) is 10.4. The largest absolute Gasteiger partial charge is 0.378 e. The van der Waals surface area contributed by atoms with E-state index in [1.54, 1.807) is 29.4 Å². The summed E-state index contributed by atoms with van der Waals surface area (Å²) in [6.45, 7) is 0.485. The standard InChI is InChI=1S/C23H26N4O4/c1-26(2)17-5-3-16(4-6-17)22(29)25-18(13-15-7-10-24-11-8-15)23(30)27-12-9-20-21(27)19(28)14-31-20/h3-8,10-11,18,20-21H,9,12-14H2,1-2H3,(H,25,29). The number of amides is 2. The number of Topliss-reactive ketones (excluding diaryl/α,β-unsaturated/α-hetero) is 1. The quantitative estimate of drug-likeness (QED) is 0.749. The normalized spacial score (nSPS) is 21.0. The lowest BCUT2D eigenvalue weighted by Gasteiger charge is -2.27. The molecule has 3 unspecified atom stereocenters. The van der Waals surface area contributed by atoms with Crippen molar-refractivity contribution in [1.29, 1.82) is 0 Å². The number of ketones is 1. The van der Waals surface area contributed by atoms with Crippen molar-refractivity contribution in [2.75, 3.05) is 32.1 Å². The first-order chi connectivity index (χ1) is 14.9. The number of rotatable bonds is 6. The van der Waals surface area contributed by atoms with E-state index in [4.69, 9.17) is 4.74 Å². The highest BCUT2D eigenvalue weighted by molar-refractivity contribution is 5.99. The van der Waals surface area contributed by atoms with Crippen LogP contribution in [0.25, 0.3) is 0 Å². The van der Waals surface area contributed by atoms with E-state index in [-0.39, 0.29) is 30.3 Å². The Hall–Kier alpha value is -3.26. The van der Waals surface area contributed by atoms with Gasteiger partial charge in [0, 0.05) is 50.7 Å². The maximum atomic E-state index is 13.4. The molecule has 1 aromatic carbocycles. The highest BCUT2D eigenvalue weighted by atomic mass is 16.5. The Balaban J connectivity index is 1.54. The van der Waals surface area contributed by atoms with Gasteiger partial charge in [-0.1, -0.05) is 0 Å². The van der Waals surface area contributed by atoms with Crippen molar-refractivity contribution in [3.63, 3.8) is 0 Å². The number of hydrogen-bond donors (Lipinski definition) is 1. The third kappa shape index (κ3) is 4.44. The second kappa shape index (κ2) is 8.85. The van der Waals surface area contributed by atoms with Crippen LogP contribution in [0.3, 0.4) is 0 Å². The highest BCUT2D eigenvalue weighted by Gasteiger charge is 2.48. The summed E-state index contributed by atoms with van der Waals surface area (Å²) in [4.78, 5) is 46.2. The van der Waals surface area contributed by atoms with Crippen molar-refractivity contribution in [3.8, 4) is 0 Å². The number of fused-ring (bicyclic) bond motifs is 1. The van der Waals surface area contributed by atoms with Gasteiger partial charge in [-0.25, -0.2) is 0 Å². The Labute approximate surface area is 181 Å². The van der Waals surface area contributed by atoms with Crippen LogP contribution in [-0.4, -0.2) is 72.9 Å². The van der Waals surface area contributed by atoms with Gasteiger partial charge in [0.05, 0.1) is 6.10 Å². The van der Waals surface area contributed by atoms with Crippen LogP contribution < -0.4 is 10.2 Å². The summed E-state index contributed by atoms with van der Waals surface area (Å²) in [5.41, 5.74) is 2.32. The van der Waals surface area contributed by atoms with Gasteiger partial charge in [0.2, 0.25) is 5.91 Å². The molecule has 0 radical (unpaired) electrons. The van der Waals surface area contributed by atoms with Crippen LogP contribution in [-0.2, 0) is 20.7 Å². The van der Waals surface area contributed by atoms with Crippen LogP contribution in [0.1, 0.15) is 22.3 Å². The zero-order chi connectivity index (χ0) is 22.0. The highest BCUT2D eigenvalue weighted by Crippen LogP contribution is 2.28. The van der Waals surface area contributed by atoms with Gasteiger partial charge in [-0.15, -0.1) is 0 Å². The van der Waals surface area contributed by atoms with Crippen LogP contribution in [0, 0.1) is 0 Å². The molecule has 0 bridgehead atoms. The van der Waals surface area contributed by atoms with Gasteiger partial charge in [0.1, 0.15) is 18.7 Å². The number of carbonyl (C=O) groups excluding carboxylic acids is 3. The predicted molar refractivity (Wildman–Crippen MR) is 115 cm³/mol. The molecule has 1 N–H and O–H groups in total. The zero-order valence-electron chi connectivity index (χ0n) is 17.7. The SMILES string of the molecule is CN(C)c1ccc(C(=O)NC(Cc2ccncc2)C(=O)N2CCC3OCC(=O)C32)cc1. The number of benzene rings is 1. The van der Waals surface area contributed by atoms with Crippen LogP contribution in [0.2, 0.25) is 0 Å². The molecule has 2 saturated heterocycles. The van der Waals surface area contributed by atoms with Gasteiger partial charge < -0.3 is 19.9 Å². The lowest BCUT2D eigenvalue weighted by atomic mass is 10.0. The van der Waals surface area contributed by atoms with E-state index in [2.05, 4.69) is 10.3 Å². The molecule has 3 atom stereocenters. The average Bonchev–Trinajstić information content (AvgIpc) is 3.36. The summed E-state index contributed by atoms with van der Waals surface area (Å²) in [5, 5.41) is 2.89. The second-order valence-corrected chi connectivity index (χ2v) is 8.11. The van der Waals surface area contributed by atoms with E-state index in [0.717, 1.165) is 11.3 Å². The maximum Gasteiger partial charge on any atom is 0.251 e. The zero-order valence-corrected chi connectivity index (χ0v) is 17.7. The molecule has 2 aromatic rings. The molecule has 8 nitrogen and oxygen atoms in total. The molecule has 2 fully saturated rings. The molecule has 4 rings (SSSR count). The number of ether oxygens (including phenoxy) is 1. The molecular formula is C23H26N4O4. The molecule has 0 spiro atoms. The van der Waals surface area contributed by atoms with Crippen molar-refractivity contribution >= 4 is 23.3 Å². The number of nitrogens with one attached hydrogen (secondary N) is 1. The predicted octanol–water partition coefficient (Wildman–Crippen LogP) is 1.06. The van der Waals surface area contributed by atoms with Gasteiger partial charge >= 0.3 is 0 Å². The summed E-state index contributed by atoms with van der Waals surface area (Å²) in [5.74, 6) is -0.673. The van der Waals surface area contributed by atoms with Crippen molar-refractivity contribution in [3.05, 3.63) is 59.9 Å². The number of anilines is 1. The van der Waals surface area contributed by atoms with Gasteiger partial charge in [0.25, 0.3) is 5.91 Å².